The van der Waals surface area contributed by atoms with Crippen molar-refractivity contribution >= 4 is 35.0 Å². The van der Waals surface area contributed by atoms with Gasteiger partial charge in [-0.3, -0.25) is 0 Å². The second-order valence-corrected chi connectivity index (χ2v) is 6.17. The number of nitriles is 1. The van der Waals surface area contributed by atoms with Crippen molar-refractivity contribution < 1.29 is 22.7 Å². The van der Waals surface area contributed by atoms with Crippen molar-refractivity contribution in [1.82, 2.24) is 4.98 Å². The number of hydrogen-bond donors (Lipinski definition) is 1. The van der Waals surface area contributed by atoms with Gasteiger partial charge in [-0.1, -0.05) is 23.2 Å². The highest BCUT2D eigenvalue weighted by atomic mass is 35.5. The second kappa shape index (κ2) is 8.93. The van der Waals surface area contributed by atoms with Crippen molar-refractivity contribution in [2.45, 2.75) is 18.7 Å². The molecule has 0 unspecified atom stereocenters. The van der Waals surface area contributed by atoms with E-state index in [0.717, 1.165) is 6.07 Å². The molecule has 0 spiro atoms. The minimum Gasteiger partial charge on any atom is -0.456 e. The monoisotopic (exact) mass is 417 g/mol. The smallest absolute Gasteiger partial charge is 0.417 e. The Morgan fingerprint density at radius 3 is 2.52 bits per heavy atom. The number of halogens is 5. The van der Waals surface area contributed by atoms with E-state index in [0.29, 0.717) is 11.2 Å². The van der Waals surface area contributed by atoms with Crippen LogP contribution in [0.15, 0.2) is 36.5 Å². The number of nitrogens with one attached hydrogen (secondary N) is 1. The van der Waals surface area contributed by atoms with E-state index in [1.54, 1.807) is 0 Å². The van der Waals surface area contributed by atoms with Crippen molar-refractivity contribution in [3.05, 3.63) is 57.7 Å². The molecule has 10 heteroatoms. The largest absolute Gasteiger partial charge is 0.456 e. The molecule has 2 aromatic rings. The summed E-state index contributed by atoms with van der Waals surface area (Å²) in [6, 6.07) is 8.57. The van der Waals surface area contributed by atoms with Crippen LogP contribution in [0.25, 0.3) is 0 Å². The summed E-state index contributed by atoms with van der Waals surface area (Å²) in [6.45, 7) is -0.0645. The molecule has 0 amide bonds. The van der Waals surface area contributed by atoms with Gasteiger partial charge >= 0.3 is 12.1 Å². The van der Waals surface area contributed by atoms with Crippen molar-refractivity contribution in [3.63, 3.8) is 0 Å². The number of benzene rings is 1. The summed E-state index contributed by atoms with van der Waals surface area (Å²) in [4.78, 5) is 15.7. The summed E-state index contributed by atoms with van der Waals surface area (Å²) < 4.78 is 43.1. The predicted molar refractivity (Wildman–Crippen MR) is 93.6 cm³/mol. The zero-order chi connectivity index (χ0) is 20.0. The van der Waals surface area contributed by atoms with Gasteiger partial charge in [-0.15, -0.1) is 0 Å². The highest BCUT2D eigenvalue weighted by Gasteiger charge is 2.31. The fourth-order valence-electron chi connectivity index (χ4n) is 2.00. The molecule has 0 saturated heterocycles. The highest BCUT2D eigenvalue weighted by Crippen LogP contribution is 2.32. The van der Waals surface area contributed by atoms with Crippen LogP contribution < -0.4 is 5.32 Å². The molecule has 1 aromatic heterocycles. The predicted octanol–water partition coefficient (Wildman–Crippen LogP) is 4.96. The van der Waals surface area contributed by atoms with Gasteiger partial charge in [-0.05, 0) is 30.3 Å². The zero-order valence-electron chi connectivity index (χ0n) is 13.6. The van der Waals surface area contributed by atoms with Crippen LogP contribution in [0.4, 0.5) is 19.0 Å². The van der Waals surface area contributed by atoms with Crippen LogP contribution in [0, 0.1) is 11.3 Å². The Morgan fingerprint density at radius 2 is 1.96 bits per heavy atom. The van der Waals surface area contributed by atoms with Crippen molar-refractivity contribution in [2.24, 2.45) is 0 Å². The number of rotatable bonds is 6. The van der Waals surface area contributed by atoms with Gasteiger partial charge in [-0.2, -0.15) is 18.4 Å². The van der Waals surface area contributed by atoms with Gasteiger partial charge in [0.05, 0.1) is 35.2 Å². The second-order valence-electron chi connectivity index (χ2n) is 5.33. The summed E-state index contributed by atoms with van der Waals surface area (Å²) in [5.74, 6) is -0.685. The third kappa shape index (κ3) is 6.01. The highest BCUT2D eigenvalue weighted by molar-refractivity contribution is 6.33. The fourth-order valence-corrected chi connectivity index (χ4v) is 2.36. The van der Waals surface area contributed by atoms with E-state index in [1.807, 2.05) is 6.07 Å². The molecule has 0 fully saturated rings. The molecule has 1 N–H and O–H groups in total. The molecular weight excluding hydrogens is 406 g/mol. The molecule has 5 nitrogen and oxygen atoms in total. The Hall–Kier alpha value is -2.50. The lowest BCUT2D eigenvalue weighted by Gasteiger charge is -2.17. The SMILES string of the molecule is N#CC[C@H](CNc1ncc(C(F)(F)F)cc1Cl)OC(=O)c1ccc(Cl)cc1. The van der Waals surface area contributed by atoms with Crippen LogP contribution in [0.5, 0.6) is 0 Å². The minimum absolute atomic E-state index is 0.0184. The molecule has 2 rings (SSSR count). The Kier molecular flexibility index (Phi) is 6.88. The van der Waals surface area contributed by atoms with Crippen LogP contribution in [-0.4, -0.2) is 23.6 Å². The first-order chi connectivity index (χ1) is 12.7. The van der Waals surface area contributed by atoms with Gasteiger partial charge < -0.3 is 10.1 Å². The van der Waals surface area contributed by atoms with Gasteiger partial charge in [0, 0.05) is 11.2 Å². The average Bonchev–Trinajstić information content (AvgIpc) is 2.60. The van der Waals surface area contributed by atoms with E-state index in [9.17, 15) is 18.0 Å². The number of carbonyl (C=O) groups excluding carboxylic acids is 1. The first kappa shape index (κ1) is 20.8. The van der Waals surface area contributed by atoms with Crippen LogP contribution in [-0.2, 0) is 10.9 Å². The van der Waals surface area contributed by atoms with Gasteiger partial charge in [-0.25, -0.2) is 9.78 Å². The molecule has 1 heterocycles. The molecule has 0 aliphatic heterocycles. The van der Waals surface area contributed by atoms with Gasteiger partial charge in [0.2, 0.25) is 0 Å². The number of pyridine rings is 1. The maximum atomic E-state index is 12.6. The molecule has 0 bridgehead atoms. The van der Waals surface area contributed by atoms with Crippen LogP contribution >= 0.6 is 23.2 Å². The third-order valence-corrected chi connectivity index (χ3v) is 3.88. The summed E-state index contributed by atoms with van der Waals surface area (Å²) >= 11 is 11.6. The normalized spacial score (nSPS) is 12.1. The molecule has 0 saturated carbocycles. The van der Waals surface area contributed by atoms with Gasteiger partial charge in [0.15, 0.2) is 0 Å². The number of hydrogen-bond acceptors (Lipinski definition) is 5. The van der Waals surface area contributed by atoms with E-state index in [2.05, 4.69) is 10.3 Å². The van der Waals surface area contributed by atoms with Crippen LogP contribution in [0.2, 0.25) is 10.0 Å². The topological polar surface area (TPSA) is 75.0 Å². The third-order valence-electron chi connectivity index (χ3n) is 3.34. The summed E-state index contributed by atoms with van der Waals surface area (Å²) in [6.07, 6.45) is -4.93. The molecule has 0 radical (unpaired) electrons. The Labute approximate surface area is 162 Å². The van der Waals surface area contributed by atoms with Crippen LogP contribution in [0.3, 0.4) is 0 Å². The lowest BCUT2D eigenvalue weighted by Crippen LogP contribution is -2.26. The lowest BCUT2D eigenvalue weighted by molar-refractivity contribution is -0.137. The average molecular weight is 418 g/mol. The quantitative estimate of drug-likeness (QED) is 0.672. The molecule has 1 atom stereocenters. The maximum absolute atomic E-state index is 12.6. The fraction of sp³-hybridized carbons (Fsp3) is 0.235. The maximum Gasteiger partial charge on any atom is 0.417 e. The molecule has 142 valence electrons. The Balaban J connectivity index is 2.03. The molecular formula is C17H12Cl2F3N3O2. The molecule has 27 heavy (non-hydrogen) atoms. The number of nitrogens with zero attached hydrogens (tertiary/aromatic N) is 2. The van der Waals surface area contributed by atoms with E-state index < -0.39 is 23.8 Å². The van der Waals surface area contributed by atoms with E-state index in [-0.39, 0.29) is 29.4 Å². The number of esters is 1. The number of anilines is 1. The Morgan fingerprint density at radius 1 is 1.30 bits per heavy atom. The first-order valence-corrected chi connectivity index (χ1v) is 8.26. The summed E-state index contributed by atoms with van der Waals surface area (Å²) in [5.41, 5.74) is -0.742. The molecule has 0 aliphatic carbocycles. The number of ether oxygens (including phenoxy) is 1. The van der Waals surface area contributed by atoms with Gasteiger partial charge in [0.1, 0.15) is 11.9 Å². The van der Waals surface area contributed by atoms with Crippen molar-refractivity contribution in [2.75, 3.05) is 11.9 Å². The Bertz CT molecular complexity index is 852. The number of carbonyl (C=O) groups is 1. The molecule has 0 aliphatic rings. The van der Waals surface area contributed by atoms with Crippen molar-refractivity contribution in [1.29, 1.82) is 5.26 Å². The summed E-state index contributed by atoms with van der Waals surface area (Å²) in [7, 11) is 0. The van der Waals surface area contributed by atoms with E-state index >= 15 is 0 Å². The van der Waals surface area contributed by atoms with Crippen LogP contribution in [0.1, 0.15) is 22.3 Å². The van der Waals surface area contributed by atoms with E-state index in [1.165, 1.54) is 24.3 Å². The number of alkyl halides is 3. The zero-order valence-corrected chi connectivity index (χ0v) is 15.1. The van der Waals surface area contributed by atoms with E-state index in [4.69, 9.17) is 33.2 Å². The minimum atomic E-state index is -4.56. The first-order valence-electron chi connectivity index (χ1n) is 7.51. The molecule has 1 aromatic carbocycles. The standard InChI is InChI=1S/C17H12Cl2F3N3O2/c18-12-3-1-10(2-4-12)16(26)27-13(5-6-23)9-25-15-14(19)7-11(8-24-15)17(20,21)22/h1-4,7-8,13H,5,9H2,(H,24,25)/t13-/m1/s1. The number of aromatic nitrogens is 1. The summed E-state index contributed by atoms with van der Waals surface area (Å²) in [5, 5.41) is 11.8. The van der Waals surface area contributed by atoms with Crippen molar-refractivity contribution in [3.8, 4) is 6.07 Å². The van der Waals surface area contributed by atoms with Gasteiger partial charge in [0.25, 0.3) is 0 Å². The lowest BCUT2D eigenvalue weighted by atomic mass is 10.2.